The van der Waals surface area contributed by atoms with Crippen LogP contribution >= 0.6 is 0 Å². The van der Waals surface area contributed by atoms with E-state index in [9.17, 15) is 19.2 Å². The first-order valence-electron chi connectivity index (χ1n) is 20.9. The highest BCUT2D eigenvalue weighted by atomic mass is 16.2. The average Bonchev–Trinajstić information content (AvgIpc) is 4.11. The van der Waals surface area contributed by atoms with Gasteiger partial charge in [-0.1, -0.05) is 109 Å². The van der Waals surface area contributed by atoms with Crippen molar-refractivity contribution in [3.63, 3.8) is 0 Å². The summed E-state index contributed by atoms with van der Waals surface area (Å²) < 4.78 is 0. The normalized spacial score (nSPS) is 17.3. The Morgan fingerprint density at radius 3 is 1.30 bits per heavy atom. The maximum absolute atomic E-state index is 13.9. The molecule has 4 amide bonds. The topological polar surface area (TPSA) is 98.8 Å². The Balaban J connectivity index is 0.739. The minimum absolute atomic E-state index is 0.0847. The summed E-state index contributed by atoms with van der Waals surface area (Å²) in [4.78, 5) is 58.4. The van der Waals surface area contributed by atoms with Gasteiger partial charge in [0.05, 0.1) is 0 Å². The van der Waals surface area contributed by atoms with Gasteiger partial charge < -0.3 is 20.4 Å². The average molecular weight is 789 g/mol. The third kappa shape index (κ3) is 6.87. The third-order valence-corrected chi connectivity index (χ3v) is 12.6. The van der Waals surface area contributed by atoms with E-state index in [1.807, 2.05) is 109 Å². The molecule has 2 saturated heterocycles. The van der Waals surface area contributed by atoms with E-state index in [0.717, 1.165) is 59.1 Å². The molecule has 2 heterocycles. The van der Waals surface area contributed by atoms with Crippen LogP contribution in [0.2, 0.25) is 0 Å². The van der Waals surface area contributed by atoms with Crippen molar-refractivity contribution >= 4 is 47.2 Å². The van der Waals surface area contributed by atoms with E-state index in [2.05, 4.69) is 47.0 Å². The lowest BCUT2D eigenvalue weighted by atomic mass is 10.00. The van der Waals surface area contributed by atoms with Crippen molar-refractivity contribution in [2.75, 3.05) is 23.7 Å². The lowest BCUT2D eigenvalue weighted by Gasteiger charge is -2.25. The zero-order chi connectivity index (χ0) is 40.7. The van der Waals surface area contributed by atoms with E-state index in [-0.39, 0.29) is 23.6 Å². The van der Waals surface area contributed by atoms with Crippen molar-refractivity contribution in [1.82, 2.24) is 9.80 Å². The van der Waals surface area contributed by atoms with Gasteiger partial charge in [0.25, 0.3) is 11.8 Å². The van der Waals surface area contributed by atoms with Gasteiger partial charge in [0.15, 0.2) is 0 Å². The number of rotatable bonds is 8. The summed E-state index contributed by atoms with van der Waals surface area (Å²) in [7, 11) is 0. The van der Waals surface area contributed by atoms with Crippen LogP contribution in [-0.4, -0.2) is 58.6 Å². The Morgan fingerprint density at radius 2 is 0.867 bits per heavy atom. The van der Waals surface area contributed by atoms with E-state index in [1.54, 1.807) is 9.80 Å². The van der Waals surface area contributed by atoms with Crippen molar-refractivity contribution in [2.45, 2.75) is 50.6 Å². The molecule has 2 fully saturated rings. The number of carbonyl (C=O) groups is 4. The summed E-state index contributed by atoms with van der Waals surface area (Å²) in [5, 5.41) is 6.09. The number of nitrogens with zero attached hydrogens (tertiary/aromatic N) is 2. The van der Waals surface area contributed by atoms with Crippen molar-refractivity contribution in [3.8, 4) is 22.3 Å². The molecule has 2 aliphatic heterocycles. The first kappa shape index (κ1) is 37.2. The van der Waals surface area contributed by atoms with Crippen LogP contribution in [0.1, 0.15) is 79.8 Å². The van der Waals surface area contributed by atoms with Gasteiger partial charge in [-0.05, 0) is 131 Å². The first-order chi connectivity index (χ1) is 29.4. The number of hydrogen-bond acceptors (Lipinski definition) is 4. The quantitative estimate of drug-likeness (QED) is 0.150. The summed E-state index contributed by atoms with van der Waals surface area (Å²) in [5.74, 6) is -0.521. The Morgan fingerprint density at radius 1 is 0.467 bits per heavy atom. The van der Waals surface area contributed by atoms with Crippen molar-refractivity contribution in [1.29, 1.82) is 0 Å². The second-order valence-electron chi connectivity index (χ2n) is 16.2. The van der Waals surface area contributed by atoms with Crippen LogP contribution in [0, 0.1) is 0 Å². The van der Waals surface area contributed by atoms with E-state index in [0.29, 0.717) is 48.4 Å². The molecule has 0 aromatic heterocycles. The monoisotopic (exact) mass is 788 g/mol. The molecule has 2 aliphatic carbocycles. The van der Waals surface area contributed by atoms with Crippen LogP contribution in [0.15, 0.2) is 133 Å². The molecule has 0 bridgehead atoms. The van der Waals surface area contributed by atoms with Gasteiger partial charge in [0, 0.05) is 35.6 Å². The number of fused-ring (bicyclic) bond motifs is 6. The molecule has 4 aliphatic rings. The molecule has 0 radical (unpaired) electrons. The van der Waals surface area contributed by atoms with E-state index < -0.39 is 12.1 Å². The predicted octanol–water partition coefficient (Wildman–Crippen LogP) is 9.49. The molecule has 2 atom stereocenters. The molecule has 296 valence electrons. The van der Waals surface area contributed by atoms with Gasteiger partial charge in [0.1, 0.15) is 12.1 Å². The van der Waals surface area contributed by atoms with Gasteiger partial charge in [-0.15, -0.1) is 0 Å². The molecule has 10 rings (SSSR count). The maximum Gasteiger partial charge on any atom is 0.254 e. The lowest BCUT2D eigenvalue weighted by Crippen LogP contribution is -2.43. The predicted molar refractivity (Wildman–Crippen MR) is 237 cm³/mol. The molecule has 6 aromatic carbocycles. The third-order valence-electron chi connectivity index (χ3n) is 12.6. The van der Waals surface area contributed by atoms with Crippen molar-refractivity contribution < 1.29 is 19.2 Å². The highest BCUT2D eigenvalue weighted by molar-refractivity contribution is 6.05. The van der Waals surface area contributed by atoms with E-state index >= 15 is 0 Å². The molecule has 0 unspecified atom stereocenters. The fourth-order valence-corrected chi connectivity index (χ4v) is 9.59. The van der Waals surface area contributed by atoms with E-state index in [1.165, 1.54) is 22.3 Å². The van der Waals surface area contributed by atoms with Crippen molar-refractivity contribution in [2.24, 2.45) is 0 Å². The minimum Gasteiger partial charge on any atom is -0.327 e. The number of amides is 4. The molecule has 8 nitrogen and oxygen atoms in total. The van der Waals surface area contributed by atoms with Crippen LogP contribution in [-0.2, 0) is 22.4 Å². The summed E-state index contributed by atoms with van der Waals surface area (Å²) in [6, 6.07) is 42.6. The zero-order valence-electron chi connectivity index (χ0n) is 33.2. The molecular formula is C52H44N4O4. The number of nitrogens with one attached hydrogen (secondary N) is 2. The molecular weight excluding hydrogens is 745 g/mol. The summed E-state index contributed by atoms with van der Waals surface area (Å²) in [6.07, 6.45) is 8.24. The molecule has 2 N–H and O–H groups in total. The molecule has 0 spiro atoms. The second-order valence-corrected chi connectivity index (χ2v) is 16.2. The Labute approximate surface area is 349 Å². The molecule has 60 heavy (non-hydrogen) atoms. The van der Waals surface area contributed by atoms with Crippen LogP contribution in [0.25, 0.3) is 34.4 Å². The van der Waals surface area contributed by atoms with Gasteiger partial charge in [0.2, 0.25) is 11.8 Å². The van der Waals surface area contributed by atoms with Gasteiger partial charge in [-0.3, -0.25) is 19.2 Å². The van der Waals surface area contributed by atoms with Gasteiger partial charge >= 0.3 is 0 Å². The first-order valence-corrected chi connectivity index (χ1v) is 20.9. The Kier molecular flexibility index (Phi) is 9.68. The maximum atomic E-state index is 13.9. The van der Waals surface area contributed by atoms with Gasteiger partial charge in [-0.2, -0.15) is 0 Å². The summed E-state index contributed by atoms with van der Waals surface area (Å²) in [5.41, 5.74) is 13.7. The smallest absolute Gasteiger partial charge is 0.254 e. The fourth-order valence-electron chi connectivity index (χ4n) is 9.59. The molecule has 6 aromatic rings. The van der Waals surface area contributed by atoms with Crippen LogP contribution in [0.4, 0.5) is 11.4 Å². The number of carbonyl (C=O) groups excluding carboxylic acids is 4. The van der Waals surface area contributed by atoms with Crippen LogP contribution in [0.3, 0.4) is 0 Å². The fraction of sp³-hybridized carbons (Fsp3) is 0.192. The Bertz CT molecular complexity index is 2530. The van der Waals surface area contributed by atoms with E-state index in [4.69, 9.17) is 0 Å². The number of anilines is 2. The lowest BCUT2D eigenvalue weighted by molar-refractivity contribution is -0.120. The number of benzene rings is 6. The van der Waals surface area contributed by atoms with Crippen LogP contribution < -0.4 is 10.6 Å². The minimum atomic E-state index is -0.530. The standard InChI is InChI=1S/C52H44N4O4/c57-49(47-17-7-29-55(47)51(59)43-15-5-13-41-39-11-3-1-9-35(39)31-45(41)43)53-37-25-21-33(22-26-37)19-20-34-23-27-38(28-24-34)54-50(58)48-18-8-30-56(48)52(60)44-16-6-14-42-40-12-4-2-10-36(40)32-46(42)44/h1-6,9-16,19-28,47-48H,7-8,17-18,29-32H2,(H,53,57)(H,54,58)/t47-,48-/m0/s1. The number of hydrogen-bond donors (Lipinski definition) is 2. The highest BCUT2D eigenvalue weighted by Gasteiger charge is 2.38. The SMILES string of the molecule is O=C(Nc1ccc(C=Cc2ccc(NC(=O)[C@@H]3CCCN3C(=O)c3cccc4c3Cc3ccccc3-4)cc2)cc1)[C@@H]1CCCN1C(=O)c1cccc2c1Cc1ccccc1-2. The summed E-state index contributed by atoms with van der Waals surface area (Å²) in [6.45, 7) is 1.11. The number of likely N-dealkylation sites (tertiary alicyclic amines) is 2. The summed E-state index contributed by atoms with van der Waals surface area (Å²) >= 11 is 0. The van der Waals surface area contributed by atoms with Crippen LogP contribution in [0.5, 0.6) is 0 Å². The van der Waals surface area contributed by atoms with Crippen molar-refractivity contribution in [3.05, 3.63) is 178 Å². The zero-order valence-corrected chi connectivity index (χ0v) is 33.2. The Hall–Kier alpha value is -7.06. The molecule has 0 saturated carbocycles. The molecule has 8 heteroatoms. The largest absolute Gasteiger partial charge is 0.327 e. The highest BCUT2D eigenvalue weighted by Crippen LogP contribution is 2.40. The second kappa shape index (κ2) is 15.6. The van der Waals surface area contributed by atoms with Gasteiger partial charge in [-0.25, -0.2) is 0 Å².